The average Bonchev–Trinajstić information content (AvgIpc) is 2.24. The molecule has 0 fully saturated rings. The molecule has 0 amide bonds. The maximum absolute atomic E-state index is 11.3. The van der Waals surface area contributed by atoms with Crippen molar-refractivity contribution in [2.24, 2.45) is 0 Å². The van der Waals surface area contributed by atoms with Crippen LogP contribution in [0.4, 0.5) is 0 Å². The maximum Gasteiger partial charge on any atom is 0.324 e. The highest BCUT2D eigenvalue weighted by molar-refractivity contribution is 6.42. The zero-order valence-corrected chi connectivity index (χ0v) is 10.9. The van der Waals surface area contributed by atoms with Gasteiger partial charge in [-0.2, -0.15) is 0 Å². The van der Waals surface area contributed by atoms with Crippen LogP contribution in [-0.2, 0) is 16.0 Å². The van der Waals surface area contributed by atoms with Gasteiger partial charge in [0.25, 0.3) is 0 Å². The topological polar surface area (TPSA) is 26.3 Å². The monoisotopic (exact) mass is 280 g/mol. The summed E-state index contributed by atoms with van der Waals surface area (Å²) in [6.07, 6.45) is 0.372. The number of hydrogen-bond acceptors (Lipinski definition) is 2. The van der Waals surface area contributed by atoms with Crippen molar-refractivity contribution in [2.75, 3.05) is 6.61 Å². The summed E-state index contributed by atoms with van der Waals surface area (Å²) in [5.74, 6) is -0.421. The molecule has 1 unspecified atom stereocenters. The van der Waals surface area contributed by atoms with E-state index in [1.807, 2.05) is 0 Å². The van der Waals surface area contributed by atoms with E-state index in [9.17, 15) is 4.79 Å². The third-order valence-electron chi connectivity index (χ3n) is 1.94. The fraction of sp³-hybridized carbons (Fsp3) is 0.364. The number of hydrogen-bond donors (Lipinski definition) is 0. The summed E-state index contributed by atoms with van der Waals surface area (Å²) in [6.45, 7) is 2.06. The molecule has 0 spiro atoms. The van der Waals surface area contributed by atoms with Gasteiger partial charge < -0.3 is 4.74 Å². The Hall–Kier alpha value is -0.440. The van der Waals surface area contributed by atoms with Crippen LogP contribution in [0.3, 0.4) is 0 Å². The van der Waals surface area contributed by atoms with Gasteiger partial charge in [0, 0.05) is 0 Å². The molecule has 2 nitrogen and oxygen atoms in total. The Morgan fingerprint density at radius 3 is 2.62 bits per heavy atom. The molecule has 0 saturated heterocycles. The lowest BCUT2D eigenvalue weighted by Gasteiger charge is -2.09. The highest BCUT2D eigenvalue weighted by Crippen LogP contribution is 2.23. The Bertz CT molecular complexity index is 379. The van der Waals surface area contributed by atoms with Crippen LogP contribution in [0.25, 0.3) is 0 Å². The molecule has 1 atom stereocenters. The van der Waals surface area contributed by atoms with Gasteiger partial charge in [-0.1, -0.05) is 29.3 Å². The minimum atomic E-state index is -0.697. The van der Waals surface area contributed by atoms with E-state index in [2.05, 4.69) is 0 Å². The van der Waals surface area contributed by atoms with Crippen molar-refractivity contribution < 1.29 is 9.53 Å². The van der Waals surface area contributed by atoms with Crippen LogP contribution >= 0.6 is 34.8 Å². The number of alkyl halides is 1. The van der Waals surface area contributed by atoms with Gasteiger partial charge in [-0.3, -0.25) is 4.79 Å². The minimum absolute atomic E-state index is 0.323. The Kier molecular flexibility index (Phi) is 5.39. The van der Waals surface area contributed by atoms with Crippen LogP contribution in [0.5, 0.6) is 0 Å². The Morgan fingerprint density at radius 2 is 2.06 bits per heavy atom. The molecule has 0 aliphatic rings. The van der Waals surface area contributed by atoms with E-state index in [0.29, 0.717) is 23.1 Å². The number of benzene rings is 1. The summed E-state index contributed by atoms with van der Waals surface area (Å²) in [5.41, 5.74) is 0.849. The van der Waals surface area contributed by atoms with Crippen molar-refractivity contribution in [3.05, 3.63) is 33.8 Å². The van der Waals surface area contributed by atoms with Gasteiger partial charge in [0.05, 0.1) is 16.7 Å². The number of carbonyl (C=O) groups is 1. The van der Waals surface area contributed by atoms with E-state index in [4.69, 9.17) is 39.5 Å². The lowest BCUT2D eigenvalue weighted by Crippen LogP contribution is -2.20. The lowest BCUT2D eigenvalue weighted by molar-refractivity contribution is -0.142. The van der Waals surface area contributed by atoms with Gasteiger partial charge in [-0.05, 0) is 31.0 Å². The second-order valence-corrected chi connectivity index (χ2v) is 4.51. The summed E-state index contributed by atoms with van der Waals surface area (Å²) >= 11 is 17.5. The predicted molar refractivity (Wildman–Crippen MR) is 66.4 cm³/mol. The molecule has 5 heteroatoms. The smallest absolute Gasteiger partial charge is 0.324 e. The maximum atomic E-state index is 11.3. The quantitative estimate of drug-likeness (QED) is 0.621. The van der Waals surface area contributed by atoms with Gasteiger partial charge in [0.15, 0.2) is 0 Å². The molecule has 0 saturated carbocycles. The van der Waals surface area contributed by atoms with Gasteiger partial charge in [-0.25, -0.2) is 0 Å². The number of carbonyl (C=O) groups excluding carboxylic acids is 1. The fourth-order valence-corrected chi connectivity index (χ4v) is 1.75. The van der Waals surface area contributed by atoms with Crippen LogP contribution in [0.15, 0.2) is 18.2 Å². The number of rotatable bonds is 4. The second-order valence-electron chi connectivity index (χ2n) is 3.17. The summed E-state index contributed by atoms with van der Waals surface area (Å²) in [5, 5.41) is 0.233. The molecule has 0 aromatic heterocycles. The predicted octanol–water partition coefficient (Wildman–Crippen LogP) is 3.71. The van der Waals surface area contributed by atoms with Crippen molar-refractivity contribution in [3.8, 4) is 0 Å². The van der Waals surface area contributed by atoms with Gasteiger partial charge in [0.1, 0.15) is 5.38 Å². The first-order valence-corrected chi connectivity index (χ1v) is 5.98. The summed E-state index contributed by atoms with van der Waals surface area (Å²) < 4.78 is 4.80. The second kappa shape index (κ2) is 6.33. The largest absolute Gasteiger partial charge is 0.465 e. The first kappa shape index (κ1) is 13.6. The van der Waals surface area contributed by atoms with Crippen molar-refractivity contribution in [1.29, 1.82) is 0 Å². The van der Waals surface area contributed by atoms with E-state index in [1.165, 1.54) is 0 Å². The van der Waals surface area contributed by atoms with E-state index in [1.54, 1.807) is 25.1 Å². The van der Waals surface area contributed by atoms with Crippen LogP contribution in [0.1, 0.15) is 12.5 Å². The van der Waals surface area contributed by atoms with Gasteiger partial charge in [0.2, 0.25) is 0 Å². The van der Waals surface area contributed by atoms with Gasteiger partial charge >= 0.3 is 5.97 Å². The third kappa shape index (κ3) is 3.85. The first-order chi connectivity index (χ1) is 7.54. The number of ether oxygens (including phenoxy) is 1. The van der Waals surface area contributed by atoms with Crippen molar-refractivity contribution >= 4 is 40.8 Å². The Balaban J connectivity index is 2.66. The highest BCUT2D eigenvalue weighted by Gasteiger charge is 2.17. The summed E-state index contributed by atoms with van der Waals surface area (Å²) in [4.78, 5) is 11.3. The van der Waals surface area contributed by atoms with Crippen molar-refractivity contribution in [3.63, 3.8) is 0 Å². The molecule has 16 heavy (non-hydrogen) atoms. The molecule has 0 radical (unpaired) electrons. The van der Waals surface area contributed by atoms with Crippen LogP contribution < -0.4 is 0 Å². The van der Waals surface area contributed by atoms with Gasteiger partial charge in [-0.15, -0.1) is 11.6 Å². The first-order valence-electron chi connectivity index (χ1n) is 4.79. The molecule has 0 heterocycles. The molecule has 0 aliphatic heterocycles. The molecule has 1 aromatic carbocycles. The molecular formula is C11H11Cl3O2. The third-order valence-corrected chi connectivity index (χ3v) is 3.01. The van der Waals surface area contributed by atoms with Crippen molar-refractivity contribution in [2.45, 2.75) is 18.7 Å². The standard InChI is InChI=1S/C11H11Cl3O2/c1-2-16-11(15)10(14)6-7-3-4-8(12)9(13)5-7/h3-5,10H,2,6H2,1H3. The van der Waals surface area contributed by atoms with Crippen molar-refractivity contribution in [1.82, 2.24) is 0 Å². The highest BCUT2D eigenvalue weighted by atomic mass is 35.5. The van der Waals surface area contributed by atoms with E-state index in [0.717, 1.165) is 5.56 Å². The zero-order valence-electron chi connectivity index (χ0n) is 8.67. The van der Waals surface area contributed by atoms with E-state index in [-0.39, 0.29) is 0 Å². The Morgan fingerprint density at radius 1 is 1.38 bits per heavy atom. The lowest BCUT2D eigenvalue weighted by atomic mass is 10.1. The van der Waals surface area contributed by atoms with E-state index >= 15 is 0 Å². The normalized spacial score (nSPS) is 12.2. The SMILES string of the molecule is CCOC(=O)C(Cl)Cc1ccc(Cl)c(Cl)c1. The van der Waals surface area contributed by atoms with Crippen LogP contribution in [-0.4, -0.2) is 18.0 Å². The molecule has 88 valence electrons. The zero-order chi connectivity index (χ0) is 12.1. The molecular weight excluding hydrogens is 270 g/mol. The van der Waals surface area contributed by atoms with Crippen LogP contribution in [0.2, 0.25) is 10.0 Å². The molecule has 1 rings (SSSR count). The summed E-state index contributed by atoms with van der Waals surface area (Å²) in [7, 11) is 0. The molecule has 0 N–H and O–H groups in total. The Labute approximate surface area is 109 Å². The fourth-order valence-electron chi connectivity index (χ4n) is 1.19. The summed E-state index contributed by atoms with van der Waals surface area (Å²) in [6, 6.07) is 5.15. The molecule has 1 aromatic rings. The van der Waals surface area contributed by atoms with E-state index < -0.39 is 11.3 Å². The average molecular weight is 282 g/mol. The minimum Gasteiger partial charge on any atom is -0.465 e. The molecule has 0 bridgehead atoms. The molecule has 0 aliphatic carbocycles. The number of esters is 1. The van der Waals surface area contributed by atoms with Crippen LogP contribution in [0, 0.1) is 0 Å². The number of halogens is 3.